The molecule has 15 heavy (non-hydrogen) atoms. The lowest BCUT2D eigenvalue weighted by molar-refractivity contribution is 0.815. The second-order valence-electron chi connectivity index (χ2n) is 3.89. The minimum Gasteiger partial charge on any atom is -0.346 e. The molecule has 0 aliphatic carbocycles. The molecule has 0 atom stereocenters. The van der Waals surface area contributed by atoms with E-state index < -0.39 is 0 Å². The van der Waals surface area contributed by atoms with E-state index in [9.17, 15) is 0 Å². The van der Waals surface area contributed by atoms with E-state index in [0.29, 0.717) is 0 Å². The fourth-order valence-electron chi connectivity index (χ4n) is 2.03. The van der Waals surface area contributed by atoms with E-state index in [1.165, 1.54) is 16.8 Å². The number of aromatic nitrogens is 2. The van der Waals surface area contributed by atoms with Crippen LogP contribution in [0.1, 0.15) is 17.7 Å². The Morgan fingerprint density at radius 3 is 3.00 bits per heavy atom. The maximum Gasteiger partial charge on any atom is 0.0915 e. The molecule has 2 rings (SSSR count). The van der Waals surface area contributed by atoms with E-state index in [0.717, 1.165) is 24.9 Å². The van der Waals surface area contributed by atoms with Crippen LogP contribution >= 0.6 is 0 Å². The van der Waals surface area contributed by atoms with Crippen molar-refractivity contribution < 1.29 is 0 Å². The average molecular weight is 203 g/mol. The molecule has 0 aliphatic rings. The van der Waals surface area contributed by atoms with Gasteiger partial charge in [-0.05, 0) is 44.0 Å². The highest BCUT2D eigenvalue weighted by Gasteiger charge is 2.11. The number of hydrogen-bond acceptors (Lipinski definition) is 2. The molecule has 80 valence electrons. The van der Waals surface area contributed by atoms with Gasteiger partial charge in [0.25, 0.3) is 0 Å². The SMILES string of the molecule is Cc1c(CCCN)c2ncccc2n1C. The van der Waals surface area contributed by atoms with E-state index in [1.807, 2.05) is 12.3 Å². The van der Waals surface area contributed by atoms with Gasteiger partial charge in [-0.2, -0.15) is 0 Å². The predicted molar refractivity (Wildman–Crippen MR) is 62.8 cm³/mol. The molecule has 0 bridgehead atoms. The van der Waals surface area contributed by atoms with Crippen LogP contribution in [0.4, 0.5) is 0 Å². The van der Waals surface area contributed by atoms with Crippen molar-refractivity contribution in [3.63, 3.8) is 0 Å². The predicted octanol–water partition coefficient (Wildman–Crippen LogP) is 1.77. The van der Waals surface area contributed by atoms with Gasteiger partial charge in [-0.25, -0.2) is 0 Å². The zero-order valence-corrected chi connectivity index (χ0v) is 9.33. The van der Waals surface area contributed by atoms with Crippen LogP contribution < -0.4 is 5.73 Å². The standard InChI is InChI=1S/C12H17N3/c1-9-10(5-3-7-13)12-11(15(9)2)6-4-8-14-12/h4,6,8H,3,5,7,13H2,1-2H3. The van der Waals surface area contributed by atoms with Crippen LogP contribution in [-0.2, 0) is 13.5 Å². The quantitative estimate of drug-likeness (QED) is 0.826. The van der Waals surface area contributed by atoms with Crippen molar-refractivity contribution in [2.75, 3.05) is 6.54 Å². The summed E-state index contributed by atoms with van der Waals surface area (Å²) in [4.78, 5) is 4.45. The summed E-state index contributed by atoms with van der Waals surface area (Å²) in [7, 11) is 2.09. The van der Waals surface area contributed by atoms with Crippen LogP contribution in [0.2, 0.25) is 0 Å². The van der Waals surface area contributed by atoms with E-state index >= 15 is 0 Å². The molecular weight excluding hydrogens is 186 g/mol. The van der Waals surface area contributed by atoms with Crippen LogP contribution in [0.15, 0.2) is 18.3 Å². The molecule has 2 aromatic heterocycles. The third-order valence-corrected chi connectivity index (χ3v) is 3.00. The molecule has 0 radical (unpaired) electrons. The molecule has 2 N–H and O–H groups in total. The molecule has 0 saturated carbocycles. The Morgan fingerprint density at radius 1 is 1.47 bits per heavy atom. The maximum absolute atomic E-state index is 5.55. The van der Waals surface area contributed by atoms with E-state index in [-0.39, 0.29) is 0 Å². The maximum atomic E-state index is 5.55. The Morgan fingerprint density at radius 2 is 2.27 bits per heavy atom. The third kappa shape index (κ3) is 1.63. The number of nitrogens with two attached hydrogens (primary N) is 1. The number of rotatable bonds is 3. The molecule has 0 saturated heterocycles. The fourth-order valence-corrected chi connectivity index (χ4v) is 2.03. The fraction of sp³-hybridized carbons (Fsp3) is 0.417. The Kier molecular flexibility index (Phi) is 2.73. The average Bonchev–Trinajstić information content (AvgIpc) is 2.51. The summed E-state index contributed by atoms with van der Waals surface area (Å²) in [6.07, 6.45) is 3.90. The molecule has 0 fully saturated rings. The second kappa shape index (κ2) is 4.03. The van der Waals surface area contributed by atoms with Crippen molar-refractivity contribution in [3.8, 4) is 0 Å². The van der Waals surface area contributed by atoms with Crippen molar-refractivity contribution in [3.05, 3.63) is 29.6 Å². The van der Waals surface area contributed by atoms with Gasteiger partial charge in [-0.3, -0.25) is 4.98 Å². The normalized spacial score (nSPS) is 11.1. The number of pyridine rings is 1. The minimum absolute atomic E-state index is 0.739. The molecule has 0 aromatic carbocycles. The Balaban J connectivity index is 2.56. The van der Waals surface area contributed by atoms with Crippen molar-refractivity contribution >= 4 is 11.0 Å². The van der Waals surface area contributed by atoms with Gasteiger partial charge in [0, 0.05) is 18.9 Å². The highest BCUT2D eigenvalue weighted by atomic mass is 15.0. The second-order valence-corrected chi connectivity index (χ2v) is 3.89. The van der Waals surface area contributed by atoms with Crippen LogP contribution in [0, 0.1) is 6.92 Å². The van der Waals surface area contributed by atoms with Gasteiger partial charge in [0.05, 0.1) is 11.0 Å². The van der Waals surface area contributed by atoms with E-state index in [2.05, 4.69) is 29.6 Å². The van der Waals surface area contributed by atoms with Crippen molar-refractivity contribution in [2.45, 2.75) is 19.8 Å². The summed E-state index contributed by atoms with van der Waals surface area (Å²) in [5.41, 5.74) is 10.5. The monoisotopic (exact) mass is 203 g/mol. The molecular formula is C12H17N3. The molecule has 0 aliphatic heterocycles. The van der Waals surface area contributed by atoms with Crippen LogP contribution in [0.25, 0.3) is 11.0 Å². The smallest absolute Gasteiger partial charge is 0.0915 e. The lowest BCUT2D eigenvalue weighted by atomic mass is 10.1. The van der Waals surface area contributed by atoms with Crippen molar-refractivity contribution in [2.24, 2.45) is 12.8 Å². The summed E-state index contributed by atoms with van der Waals surface area (Å²) in [5.74, 6) is 0. The molecule has 0 unspecified atom stereocenters. The van der Waals surface area contributed by atoms with Gasteiger partial charge in [-0.1, -0.05) is 0 Å². The van der Waals surface area contributed by atoms with Gasteiger partial charge in [0.15, 0.2) is 0 Å². The van der Waals surface area contributed by atoms with Crippen LogP contribution in [0.5, 0.6) is 0 Å². The van der Waals surface area contributed by atoms with Gasteiger partial charge < -0.3 is 10.3 Å². The summed E-state index contributed by atoms with van der Waals surface area (Å²) in [5, 5.41) is 0. The van der Waals surface area contributed by atoms with Crippen LogP contribution in [0.3, 0.4) is 0 Å². The summed E-state index contributed by atoms with van der Waals surface area (Å²) < 4.78 is 2.20. The number of hydrogen-bond donors (Lipinski definition) is 1. The van der Waals surface area contributed by atoms with Gasteiger partial charge in [0.2, 0.25) is 0 Å². The van der Waals surface area contributed by atoms with Crippen molar-refractivity contribution in [1.29, 1.82) is 0 Å². The Bertz CT molecular complexity index is 471. The Labute approximate surface area is 89.9 Å². The summed E-state index contributed by atoms with van der Waals surface area (Å²) in [6, 6.07) is 4.09. The highest BCUT2D eigenvalue weighted by molar-refractivity contribution is 5.81. The molecule has 2 aromatic rings. The summed E-state index contributed by atoms with van der Waals surface area (Å²) >= 11 is 0. The molecule has 0 spiro atoms. The molecule has 3 nitrogen and oxygen atoms in total. The van der Waals surface area contributed by atoms with E-state index in [4.69, 9.17) is 5.73 Å². The number of fused-ring (bicyclic) bond motifs is 1. The number of aryl methyl sites for hydroxylation is 2. The number of nitrogens with zero attached hydrogens (tertiary/aromatic N) is 2. The van der Waals surface area contributed by atoms with Gasteiger partial charge in [-0.15, -0.1) is 0 Å². The first-order valence-electron chi connectivity index (χ1n) is 5.34. The Hall–Kier alpha value is -1.35. The highest BCUT2D eigenvalue weighted by Crippen LogP contribution is 2.23. The largest absolute Gasteiger partial charge is 0.346 e. The first-order chi connectivity index (χ1) is 7.25. The van der Waals surface area contributed by atoms with Crippen molar-refractivity contribution in [1.82, 2.24) is 9.55 Å². The minimum atomic E-state index is 0.739. The van der Waals surface area contributed by atoms with Gasteiger partial charge >= 0.3 is 0 Å². The topological polar surface area (TPSA) is 43.8 Å². The molecule has 3 heteroatoms. The molecule has 2 heterocycles. The zero-order valence-electron chi connectivity index (χ0n) is 9.33. The lowest BCUT2D eigenvalue weighted by Crippen LogP contribution is -2.01. The molecule has 0 amide bonds. The third-order valence-electron chi connectivity index (χ3n) is 3.00. The van der Waals surface area contributed by atoms with E-state index in [1.54, 1.807) is 0 Å². The van der Waals surface area contributed by atoms with Crippen LogP contribution in [-0.4, -0.2) is 16.1 Å². The lowest BCUT2D eigenvalue weighted by Gasteiger charge is -2.00. The first-order valence-corrected chi connectivity index (χ1v) is 5.34. The summed E-state index contributed by atoms with van der Waals surface area (Å²) in [6.45, 7) is 2.89. The zero-order chi connectivity index (χ0) is 10.8. The van der Waals surface area contributed by atoms with Gasteiger partial charge in [0.1, 0.15) is 0 Å². The first kappa shape index (κ1) is 10.2.